The molecule has 1 aliphatic heterocycles. The van der Waals surface area contributed by atoms with E-state index in [9.17, 15) is 63.3 Å². The molecule has 400 valence electrons. The lowest BCUT2D eigenvalue weighted by atomic mass is 9.35. The summed E-state index contributed by atoms with van der Waals surface area (Å²) in [4.78, 5) is 129. The number of carbonyl (C=O) groups is 10. The van der Waals surface area contributed by atoms with E-state index in [0.717, 1.165) is 16.3 Å². The molecular weight excluding hydrogens is 959 g/mol. The Morgan fingerprint density at radius 1 is 0.616 bits per heavy atom. The molecule has 0 aromatic heterocycles. The van der Waals surface area contributed by atoms with Crippen LogP contribution in [0.3, 0.4) is 0 Å². The first-order valence-electron chi connectivity index (χ1n) is 24.2. The SMILES string of the molecule is O=COCN1CCN(COC=O)CCN(CC(=O)NCC23CC(C(=O)N[C@@H](Cc4ccc5ccccc5c4)C(=O)NCCCCC(NC(=O)N[C@@H](CCC(=O)O)C(=O)O)C(=O)O)(C2)C3)CCN(CC(=O)O)CC1. The van der Waals surface area contributed by atoms with Crippen LogP contribution in [0.2, 0.25) is 0 Å². The highest BCUT2D eigenvalue weighted by atomic mass is 16.5. The number of carbonyl (C=O) groups excluding carboxylic acids is 6. The highest BCUT2D eigenvalue weighted by molar-refractivity contribution is 5.93. The van der Waals surface area contributed by atoms with E-state index in [2.05, 4.69) is 26.6 Å². The zero-order valence-corrected chi connectivity index (χ0v) is 40.7. The summed E-state index contributed by atoms with van der Waals surface area (Å²) in [5.41, 5.74) is -0.210. The third-order valence-corrected chi connectivity index (χ3v) is 13.5. The zero-order valence-electron chi connectivity index (χ0n) is 40.7. The maximum Gasteiger partial charge on any atom is 0.326 e. The second-order valence-corrected chi connectivity index (χ2v) is 19.1. The van der Waals surface area contributed by atoms with Crippen LogP contribution in [0.4, 0.5) is 4.79 Å². The number of benzene rings is 2. The summed E-state index contributed by atoms with van der Waals surface area (Å²) in [7, 11) is 0. The van der Waals surface area contributed by atoms with Gasteiger partial charge in [-0.2, -0.15) is 0 Å². The van der Waals surface area contributed by atoms with E-state index in [4.69, 9.17) is 14.6 Å². The summed E-state index contributed by atoms with van der Waals surface area (Å²) in [5.74, 6) is -6.12. The minimum atomic E-state index is -1.55. The molecule has 4 aliphatic rings. The van der Waals surface area contributed by atoms with Crippen molar-refractivity contribution < 1.29 is 77.8 Å². The van der Waals surface area contributed by atoms with Crippen molar-refractivity contribution in [1.29, 1.82) is 0 Å². The van der Waals surface area contributed by atoms with Crippen LogP contribution < -0.4 is 26.6 Å². The van der Waals surface area contributed by atoms with Gasteiger partial charge in [0.25, 0.3) is 12.9 Å². The Morgan fingerprint density at radius 3 is 1.71 bits per heavy atom. The van der Waals surface area contributed by atoms with Crippen LogP contribution in [-0.2, 0) is 59.0 Å². The van der Waals surface area contributed by atoms with E-state index in [0.29, 0.717) is 97.5 Å². The van der Waals surface area contributed by atoms with Crippen molar-refractivity contribution in [3.63, 3.8) is 0 Å². The average molecular weight is 1030 g/mol. The van der Waals surface area contributed by atoms with Gasteiger partial charge in [0.15, 0.2) is 0 Å². The predicted octanol–water partition coefficient (Wildman–Crippen LogP) is -0.922. The van der Waals surface area contributed by atoms with Gasteiger partial charge in [0.1, 0.15) is 31.6 Å². The summed E-state index contributed by atoms with van der Waals surface area (Å²) in [6.45, 7) is 4.04. The van der Waals surface area contributed by atoms with Crippen molar-refractivity contribution in [3.05, 3.63) is 48.0 Å². The van der Waals surface area contributed by atoms with Gasteiger partial charge in [-0.05, 0) is 66.7 Å². The van der Waals surface area contributed by atoms with E-state index in [-0.39, 0.29) is 69.6 Å². The Balaban J connectivity index is 1.13. The molecule has 9 N–H and O–H groups in total. The summed E-state index contributed by atoms with van der Waals surface area (Å²) in [5, 5.41) is 52.6. The van der Waals surface area contributed by atoms with Crippen molar-refractivity contribution in [1.82, 2.24) is 46.2 Å². The zero-order chi connectivity index (χ0) is 53.0. The Labute approximate surface area is 421 Å². The molecule has 1 unspecified atom stereocenters. The van der Waals surface area contributed by atoms with Crippen LogP contribution in [-0.4, -0.2) is 211 Å². The number of nitrogens with one attached hydrogen (secondary N) is 5. The van der Waals surface area contributed by atoms with Crippen LogP contribution in [0.25, 0.3) is 10.8 Å². The minimum Gasteiger partial charge on any atom is -0.481 e. The second-order valence-electron chi connectivity index (χ2n) is 19.1. The Morgan fingerprint density at radius 2 is 1.16 bits per heavy atom. The third-order valence-electron chi connectivity index (χ3n) is 13.5. The summed E-state index contributed by atoms with van der Waals surface area (Å²) in [6, 6.07) is 8.47. The molecule has 2 aromatic carbocycles. The normalized spacial score (nSPS) is 20.9. The second kappa shape index (κ2) is 27.8. The number of aliphatic carboxylic acids is 4. The molecular formula is C48H67N9O16. The van der Waals surface area contributed by atoms with Gasteiger partial charge in [-0.1, -0.05) is 42.5 Å². The van der Waals surface area contributed by atoms with Crippen LogP contribution in [0.1, 0.15) is 56.9 Å². The quantitative estimate of drug-likeness (QED) is 0.0351. The van der Waals surface area contributed by atoms with Crippen LogP contribution in [0.15, 0.2) is 42.5 Å². The van der Waals surface area contributed by atoms with Crippen molar-refractivity contribution in [3.8, 4) is 0 Å². The largest absolute Gasteiger partial charge is 0.481 e. The molecule has 1 heterocycles. The first-order valence-corrected chi connectivity index (χ1v) is 24.2. The fourth-order valence-electron chi connectivity index (χ4n) is 9.66. The molecule has 0 spiro atoms. The molecule has 5 amide bonds. The number of fused-ring (bicyclic) bond motifs is 1. The topological polar surface area (TPSA) is 343 Å². The van der Waals surface area contributed by atoms with Gasteiger partial charge < -0.3 is 56.5 Å². The lowest BCUT2D eigenvalue weighted by Crippen LogP contribution is -2.71. The fraction of sp³-hybridized carbons (Fsp3) is 0.583. The number of unbranched alkanes of at least 4 members (excludes halogenated alkanes) is 1. The molecule has 25 heteroatoms. The number of carboxylic acid groups (broad SMARTS) is 4. The number of ether oxygens (including phenoxy) is 2. The van der Waals surface area contributed by atoms with Gasteiger partial charge >= 0.3 is 29.9 Å². The van der Waals surface area contributed by atoms with Crippen LogP contribution in [0, 0.1) is 10.8 Å². The number of carboxylic acids is 4. The van der Waals surface area contributed by atoms with E-state index >= 15 is 0 Å². The molecule has 6 rings (SSSR count). The monoisotopic (exact) mass is 1030 g/mol. The highest BCUT2D eigenvalue weighted by Crippen LogP contribution is 2.73. The first-order chi connectivity index (χ1) is 34.9. The van der Waals surface area contributed by atoms with Gasteiger partial charge in [-0.15, -0.1) is 0 Å². The lowest BCUT2D eigenvalue weighted by Gasteiger charge is -2.69. The van der Waals surface area contributed by atoms with Crippen molar-refractivity contribution in [2.45, 2.75) is 75.9 Å². The van der Waals surface area contributed by atoms with Crippen LogP contribution >= 0.6 is 0 Å². The van der Waals surface area contributed by atoms with E-state index < -0.39 is 72.2 Å². The smallest absolute Gasteiger partial charge is 0.326 e. The summed E-state index contributed by atoms with van der Waals surface area (Å²) in [6.07, 6.45) is 1.18. The standard InChI is InChI=1S/C48H67N9O16/c58-31-72-29-56-17-15-54(13-14-55(24-41(63)64)16-18-57(20-19-56)30-73-32-59)23-39(60)50-28-47-25-48(26-47,27-47)45(70)51-38(22-33-8-9-34-5-1-2-6-35(34)21-33)42(65)49-12-4-3-7-36(43(66)67)52-46(71)53-37(44(68)69)10-11-40(61)62/h1-2,5-6,8-9,21,31-32,36-38H,3-4,7,10-20,22-30H2,(H,49,65)(H,50,60)(H,51,70)(H,61,62)(H,63,64)(H,66,67)(H,68,69)(H2,52,53,71)/t36?,37-,38-,47?,48?/m0/s1. The molecule has 4 fully saturated rings. The molecule has 1 saturated heterocycles. The molecule has 2 aromatic rings. The minimum absolute atomic E-state index is 0.00533. The number of amides is 5. The number of urea groups is 1. The van der Waals surface area contributed by atoms with Gasteiger partial charge in [-0.3, -0.25) is 53.2 Å². The summed E-state index contributed by atoms with van der Waals surface area (Å²) >= 11 is 0. The number of hydrogen-bond donors (Lipinski definition) is 9. The predicted molar refractivity (Wildman–Crippen MR) is 257 cm³/mol. The molecule has 0 radical (unpaired) electrons. The van der Waals surface area contributed by atoms with Crippen molar-refractivity contribution >= 4 is 71.3 Å². The average Bonchev–Trinajstić information content (AvgIpc) is 3.31. The molecule has 3 aliphatic carbocycles. The van der Waals surface area contributed by atoms with Gasteiger partial charge in [0.05, 0.1) is 18.5 Å². The Hall–Kier alpha value is -6.96. The number of nitrogens with zero attached hydrogens (tertiary/aromatic N) is 4. The van der Waals surface area contributed by atoms with E-state index in [1.54, 1.807) is 4.90 Å². The molecule has 25 nitrogen and oxygen atoms in total. The van der Waals surface area contributed by atoms with Gasteiger partial charge in [-0.25, -0.2) is 14.4 Å². The molecule has 2 bridgehead atoms. The lowest BCUT2D eigenvalue weighted by molar-refractivity contribution is -0.206. The van der Waals surface area contributed by atoms with Crippen molar-refractivity contribution in [2.75, 3.05) is 92.0 Å². The first kappa shape index (κ1) is 56.9. The van der Waals surface area contributed by atoms with Crippen LogP contribution in [0.5, 0.6) is 0 Å². The maximum atomic E-state index is 14.0. The molecule has 73 heavy (non-hydrogen) atoms. The highest BCUT2D eigenvalue weighted by Gasteiger charge is 2.71. The van der Waals surface area contributed by atoms with Gasteiger partial charge in [0, 0.05) is 78.3 Å². The fourth-order valence-corrected chi connectivity index (χ4v) is 9.66. The number of rotatable bonds is 29. The van der Waals surface area contributed by atoms with E-state index in [1.807, 2.05) is 57.2 Å². The third kappa shape index (κ3) is 17.9. The summed E-state index contributed by atoms with van der Waals surface area (Å²) < 4.78 is 9.98. The number of hydrogen-bond acceptors (Lipinski definition) is 16. The maximum absolute atomic E-state index is 14.0. The molecule has 3 atom stereocenters. The van der Waals surface area contributed by atoms with Crippen molar-refractivity contribution in [2.24, 2.45) is 10.8 Å². The molecule has 3 saturated carbocycles. The van der Waals surface area contributed by atoms with Gasteiger partial charge in [0.2, 0.25) is 17.7 Å². The Bertz CT molecular complexity index is 2270. The van der Waals surface area contributed by atoms with E-state index in [1.165, 1.54) is 0 Å². The Kier molecular flexibility index (Phi) is 21.6.